The van der Waals surface area contributed by atoms with Gasteiger partial charge in [-0.15, -0.1) is 0 Å². The predicted molar refractivity (Wildman–Crippen MR) is 230 cm³/mol. The second kappa shape index (κ2) is 13.6. The Morgan fingerprint density at radius 3 is 1.36 bits per heavy atom. The van der Waals surface area contributed by atoms with Gasteiger partial charge in [0.1, 0.15) is 0 Å². The molecule has 0 amide bonds. The van der Waals surface area contributed by atoms with Gasteiger partial charge < -0.3 is 4.57 Å². The lowest BCUT2D eigenvalue weighted by Crippen LogP contribution is -2.01. The summed E-state index contributed by atoms with van der Waals surface area (Å²) in [6.07, 6.45) is 0. The molecule has 0 aliphatic carbocycles. The van der Waals surface area contributed by atoms with Crippen molar-refractivity contribution in [2.45, 2.75) is 41.5 Å². The molecule has 7 aromatic carbocycles. The molecule has 0 aliphatic heterocycles. The molecule has 55 heavy (non-hydrogen) atoms. The maximum Gasteiger partial charge on any atom is 0.164 e. The SMILES string of the molecule is Cc1cc(C)c(-c2ccc3c(c2)c2ccc(-c4c(C)cc(C)cc4C)cc2n3-c2cccc(-c3nc(-c4ccccc4)nc(-c4ccccc4)n3)c2)c(C)c1. The summed E-state index contributed by atoms with van der Waals surface area (Å²) >= 11 is 0. The van der Waals surface area contributed by atoms with Crippen molar-refractivity contribution in [3.05, 3.63) is 179 Å². The van der Waals surface area contributed by atoms with E-state index in [1.807, 2.05) is 60.7 Å². The molecule has 4 heteroatoms. The van der Waals surface area contributed by atoms with Crippen molar-refractivity contribution in [3.63, 3.8) is 0 Å². The van der Waals surface area contributed by atoms with Gasteiger partial charge in [0.25, 0.3) is 0 Å². The molecule has 9 rings (SSSR count). The first-order valence-corrected chi connectivity index (χ1v) is 18.9. The Hall–Kier alpha value is -6.65. The number of aryl methyl sites for hydroxylation is 6. The van der Waals surface area contributed by atoms with Crippen molar-refractivity contribution in [2.24, 2.45) is 0 Å². The largest absolute Gasteiger partial charge is 0.309 e. The van der Waals surface area contributed by atoms with Crippen molar-refractivity contribution in [2.75, 3.05) is 0 Å². The van der Waals surface area contributed by atoms with Crippen LogP contribution in [0.2, 0.25) is 0 Å². The van der Waals surface area contributed by atoms with Crippen LogP contribution in [-0.4, -0.2) is 19.5 Å². The Morgan fingerprint density at radius 1 is 0.345 bits per heavy atom. The van der Waals surface area contributed by atoms with Gasteiger partial charge in [-0.1, -0.05) is 126 Å². The molecule has 2 aromatic heterocycles. The molecule has 0 saturated carbocycles. The lowest BCUT2D eigenvalue weighted by atomic mass is 9.92. The minimum absolute atomic E-state index is 0.634. The van der Waals surface area contributed by atoms with Gasteiger partial charge in [-0.3, -0.25) is 0 Å². The topological polar surface area (TPSA) is 43.6 Å². The van der Waals surface area contributed by atoms with E-state index in [1.165, 1.54) is 66.4 Å². The molecule has 4 nitrogen and oxygen atoms in total. The molecule has 9 aromatic rings. The molecule has 266 valence electrons. The van der Waals surface area contributed by atoms with Crippen molar-refractivity contribution >= 4 is 21.8 Å². The van der Waals surface area contributed by atoms with Crippen LogP contribution in [0.15, 0.2) is 146 Å². The molecular weight excluding hydrogens is 669 g/mol. The van der Waals surface area contributed by atoms with Crippen LogP contribution in [0, 0.1) is 41.5 Å². The minimum atomic E-state index is 0.634. The van der Waals surface area contributed by atoms with E-state index in [1.54, 1.807) is 0 Å². The summed E-state index contributed by atoms with van der Waals surface area (Å²) < 4.78 is 2.41. The minimum Gasteiger partial charge on any atom is -0.309 e. The number of hydrogen-bond acceptors (Lipinski definition) is 3. The fourth-order valence-electron chi connectivity index (χ4n) is 8.60. The third-order valence-corrected chi connectivity index (χ3v) is 10.8. The number of fused-ring (bicyclic) bond motifs is 3. The van der Waals surface area contributed by atoms with E-state index in [9.17, 15) is 0 Å². The zero-order valence-electron chi connectivity index (χ0n) is 32.1. The van der Waals surface area contributed by atoms with Crippen LogP contribution in [-0.2, 0) is 0 Å². The first-order chi connectivity index (χ1) is 26.7. The Morgan fingerprint density at radius 2 is 0.818 bits per heavy atom. The van der Waals surface area contributed by atoms with Gasteiger partial charge in [0, 0.05) is 33.2 Å². The maximum absolute atomic E-state index is 5.06. The number of nitrogens with zero attached hydrogens (tertiary/aromatic N) is 4. The van der Waals surface area contributed by atoms with Crippen LogP contribution in [0.5, 0.6) is 0 Å². The number of aromatic nitrogens is 4. The molecule has 0 aliphatic rings. The first kappa shape index (κ1) is 34.1. The van der Waals surface area contributed by atoms with Crippen molar-refractivity contribution in [1.29, 1.82) is 0 Å². The van der Waals surface area contributed by atoms with Gasteiger partial charge in [0.05, 0.1) is 11.0 Å². The Labute approximate surface area is 322 Å². The second-order valence-corrected chi connectivity index (χ2v) is 14.9. The fraction of sp³-hybridized carbons (Fsp3) is 0.118. The van der Waals surface area contributed by atoms with Crippen LogP contribution >= 0.6 is 0 Å². The molecule has 0 saturated heterocycles. The zero-order chi connectivity index (χ0) is 37.8. The van der Waals surface area contributed by atoms with E-state index in [0.29, 0.717) is 17.5 Å². The van der Waals surface area contributed by atoms with E-state index in [2.05, 4.69) is 131 Å². The third kappa shape index (κ3) is 6.20. The highest BCUT2D eigenvalue weighted by Crippen LogP contribution is 2.40. The van der Waals surface area contributed by atoms with E-state index >= 15 is 0 Å². The molecule has 0 spiro atoms. The summed E-state index contributed by atoms with van der Waals surface area (Å²) in [5, 5.41) is 2.44. The lowest BCUT2D eigenvalue weighted by molar-refractivity contribution is 1.07. The first-order valence-electron chi connectivity index (χ1n) is 18.9. The summed E-state index contributed by atoms with van der Waals surface area (Å²) in [7, 11) is 0. The highest BCUT2D eigenvalue weighted by molar-refractivity contribution is 6.11. The van der Waals surface area contributed by atoms with E-state index < -0.39 is 0 Å². The van der Waals surface area contributed by atoms with Crippen LogP contribution in [0.3, 0.4) is 0 Å². The van der Waals surface area contributed by atoms with Gasteiger partial charge in [-0.05, 0) is 116 Å². The standard InChI is InChI=1S/C51H42N4/c1-31-24-33(3)47(34(4)25-31)39-21-23-45-44(29-39)43-22-20-40(48-35(5)26-32(2)27-36(48)6)30-46(43)55(45)42-19-13-18-41(28-42)51-53-49(37-14-9-7-10-15-37)52-50(54-51)38-16-11-8-12-17-38/h7-30H,1-6H3. The molecule has 0 fully saturated rings. The van der Waals surface area contributed by atoms with Crippen LogP contribution in [0.4, 0.5) is 0 Å². The summed E-state index contributed by atoms with van der Waals surface area (Å²) in [4.78, 5) is 15.1. The molecular formula is C51H42N4. The third-order valence-electron chi connectivity index (χ3n) is 10.8. The molecule has 0 unspecified atom stereocenters. The highest BCUT2D eigenvalue weighted by Gasteiger charge is 2.19. The maximum atomic E-state index is 5.06. The summed E-state index contributed by atoms with van der Waals surface area (Å²) in [6, 6.07) is 52.0. The highest BCUT2D eigenvalue weighted by atomic mass is 15.0. The summed E-state index contributed by atoms with van der Waals surface area (Å²) in [5.41, 5.74) is 18.9. The van der Waals surface area contributed by atoms with Gasteiger partial charge in [-0.25, -0.2) is 15.0 Å². The average molecular weight is 711 g/mol. The number of hydrogen-bond donors (Lipinski definition) is 0. The molecule has 0 atom stereocenters. The van der Waals surface area contributed by atoms with Gasteiger partial charge in [0.15, 0.2) is 17.5 Å². The monoisotopic (exact) mass is 710 g/mol. The Bertz CT molecular complexity index is 2820. The lowest BCUT2D eigenvalue weighted by Gasteiger charge is -2.14. The zero-order valence-corrected chi connectivity index (χ0v) is 32.1. The van der Waals surface area contributed by atoms with Gasteiger partial charge >= 0.3 is 0 Å². The summed E-state index contributed by atoms with van der Waals surface area (Å²) in [5.74, 6) is 1.93. The smallest absolute Gasteiger partial charge is 0.164 e. The summed E-state index contributed by atoms with van der Waals surface area (Å²) in [6.45, 7) is 13.2. The van der Waals surface area contributed by atoms with E-state index in [0.717, 1.165) is 33.4 Å². The molecule has 0 radical (unpaired) electrons. The molecule has 2 heterocycles. The second-order valence-electron chi connectivity index (χ2n) is 14.9. The normalized spacial score (nSPS) is 11.5. The van der Waals surface area contributed by atoms with Crippen LogP contribution in [0.25, 0.3) is 83.9 Å². The van der Waals surface area contributed by atoms with Crippen molar-refractivity contribution in [1.82, 2.24) is 19.5 Å². The van der Waals surface area contributed by atoms with Crippen molar-refractivity contribution in [3.8, 4) is 62.1 Å². The van der Waals surface area contributed by atoms with Crippen molar-refractivity contribution < 1.29 is 0 Å². The van der Waals surface area contributed by atoms with E-state index in [-0.39, 0.29) is 0 Å². The number of rotatable bonds is 6. The van der Waals surface area contributed by atoms with Gasteiger partial charge in [-0.2, -0.15) is 0 Å². The molecule has 0 N–H and O–H groups in total. The Balaban J connectivity index is 1.28. The quantitative estimate of drug-likeness (QED) is 0.173. The predicted octanol–water partition coefficient (Wildman–Crippen LogP) is 13.2. The van der Waals surface area contributed by atoms with Gasteiger partial charge in [0.2, 0.25) is 0 Å². The Kier molecular flexibility index (Phi) is 8.47. The fourth-order valence-corrected chi connectivity index (χ4v) is 8.60. The average Bonchev–Trinajstić information content (AvgIpc) is 3.51. The molecule has 0 bridgehead atoms. The van der Waals surface area contributed by atoms with Crippen LogP contribution < -0.4 is 0 Å². The van der Waals surface area contributed by atoms with Crippen LogP contribution in [0.1, 0.15) is 33.4 Å². The van der Waals surface area contributed by atoms with E-state index in [4.69, 9.17) is 15.0 Å². The number of benzene rings is 7.